The van der Waals surface area contributed by atoms with Crippen LogP contribution in [0.5, 0.6) is 0 Å². The average Bonchev–Trinajstić information content (AvgIpc) is 3.15. The van der Waals surface area contributed by atoms with Gasteiger partial charge >= 0.3 is 0 Å². The average molecular weight is 283 g/mol. The second-order valence-electron chi connectivity index (χ2n) is 5.63. The highest BCUT2D eigenvalue weighted by Crippen LogP contribution is 2.23. The molecule has 2 aromatic rings. The maximum atomic E-state index is 12.2. The van der Waals surface area contributed by atoms with E-state index in [2.05, 4.69) is 17.2 Å². The molecule has 0 bridgehead atoms. The van der Waals surface area contributed by atoms with Crippen LogP contribution in [0, 0.1) is 0 Å². The third kappa shape index (κ3) is 3.15. The molecule has 1 fully saturated rings. The van der Waals surface area contributed by atoms with Crippen molar-refractivity contribution in [1.29, 1.82) is 0 Å². The Hall–Kier alpha value is -2.10. The number of aryl methyl sites for hydroxylation is 2. The summed E-state index contributed by atoms with van der Waals surface area (Å²) in [5.41, 5.74) is 3.25. The minimum absolute atomic E-state index is 0.273. The molecular formula is C17H21N3O. The van der Waals surface area contributed by atoms with Crippen molar-refractivity contribution in [3.05, 3.63) is 42.1 Å². The van der Waals surface area contributed by atoms with E-state index in [1.54, 1.807) is 0 Å². The molecule has 4 heteroatoms. The molecule has 0 radical (unpaired) electrons. The fraction of sp³-hybridized carbons (Fsp3) is 0.412. The number of amides is 1. The van der Waals surface area contributed by atoms with E-state index in [9.17, 15) is 4.79 Å². The van der Waals surface area contributed by atoms with Crippen LogP contribution in [-0.4, -0.2) is 33.7 Å². The van der Waals surface area contributed by atoms with Gasteiger partial charge in [0, 0.05) is 38.3 Å². The summed E-state index contributed by atoms with van der Waals surface area (Å²) in [5.74, 6) is 0.273. The first-order chi connectivity index (χ1) is 10.2. The maximum Gasteiger partial charge on any atom is 0.222 e. The Morgan fingerprint density at radius 3 is 2.62 bits per heavy atom. The van der Waals surface area contributed by atoms with Crippen LogP contribution in [0.25, 0.3) is 11.3 Å². The second kappa shape index (κ2) is 6.12. The first-order valence-electron chi connectivity index (χ1n) is 7.60. The zero-order valence-corrected chi connectivity index (χ0v) is 12.5. The van der Waals surface area contributed by atoms with Crippen molar-refractivity contribution in [3.8, 4) is 11.3 Å². The summed E-state index contributed by atoms with van der Waals surface area (Å²) >= 11 is 0. The van der Waals surface area contributed by atoms with Gasteiger partial charge in [-0.25, -0.2) is 0 Å². The van der Waals surface area contributed by atoms with Gasteiger partial charge in [0.25, 0.3) is 0 Å². The Labute approximate surface area is 125 Å². The first-order valence-corrected chi connectivity index (χ1v) is 7.60. The number of rotatable bonds is 4. The van der Waals surface area contributed by atoms with Crippen LogP contribution in [0.4, 0.5) is 0 Å². The van der Waals surface area contributed by atoms with Gasteiger partial charge in [-0.1, -0.05) is 30.3 Å². The predicted molar refractivity (Wildman–Crippen MR) is 82.8 cm³/mol. The third-order valence-electron chi connectivity index (χ3n) is 4.02. The van der Waals surface area contributed by atoms with Crippen molar-refractivity contribution in [3.63, 3.8) is 0 Å². The van der Waals surface area contributed by atoms with Crippen LogP contribution in [0.2, 0.25) is 0 Å². The fourth-order valence-electron chi connectivity index (χ4n) is 2.93. The Kier molecular flexibility index (Phi) is 4.04. The van der Waals surface area contributed by atoms with Gasteiger partial charge in [0.1, 0.15) is 0 Å². The zero-order chi connectivity index (χ0) is 14.7. The molecule has 0 unspecified atom stereocenters. The molecule has 1 saturated heterocycles. The van der Waals surface area contributed by atoms with E-state index >= 15 is 0 Å². The Morgan fingerprint density at radius 2 is 1.90 bits per heavy atom. The largest absolute Gasteiger partial charge is 0.343 e. The van der Waals surface area contributed by atoms with Crippen LogP contribution >= 0.6 is 0 Å². The lowest BCUT2D eigenvalue weighted by molar-refractivity contribution is -0.130. The third-order valence-corrected chi connectivity index (χ3v) is 4.02. The number of benzene rings is 1. The van der Waals surface area contributed by atoms with E-state index in [4.69, 9.17) is 0 Å². The van der Waals surface area contributed by atoms with E-state index in [0.29, 0.717) is 6.42 Å². The van der Waals surface area contributed by atoms with Crippen molar-refractivity contribution in [2.24, 2.45) is 7.05 Å². The normalized spacial score (nSPS) is 14.6. The van der Waals surface area contributed by atoms with Crippen molar-refractivity contribution >= 4 is 5.91 Å². The van der Waals surface area contributed by atoms with Crippen molar-refractivity contribution in [2.45, 2.75) is 25.7 Å². The summed E-state index contributed by atoms with van der Waals surface area (Å²) in [5, 5.41) is 4.55. The second-order valence-corrected chi connectivity index (χ2v) is 5.63. The van der Waals surface area contributed by atoms with Crippen LogP contribution in [-0.2, 0) is 18.3 Å². The number of aromatic nitrogens is 2. The lowest BCUT2D eigenvalue weighted by Gasteiger charge is -2.14. The number of hydrogen-bond acceptors (Lipinski definition) is 2. The molecule has 0 spiro atoms. The zero-order valence-electron chi connectivity index (χ0n) is 12.5. The standard InChI is InChI=1S/C17H21N3O/c1-19-13-15(9-10-16(21)20-11-5-6-12-20)17(18-19)14-7-3-2-4-8-14/h2-4,7-8,13H,5-6,9-12H2,1H3. The van der Waals surface area contributed by atoms with E-state index < -0.39 is 0 Å². The van der Waals surface area contributed by atoms with Gasteiger partial charge in [-0.2, -0.15) is 5.10 Å². The van der Waals surface area contributed by atoms with Gasteiger partial charge in [0.05, 0.1) is 5.69 Å². The van der Waals surface area contributed by atoms with Crippen LogP contribution < -0.4 is 0 Å². The highest BCUT2D eigenvalue weighted by molar-refractivity contribution is 5.77. The number of carbonyl (C=O) groups excluding carboxylic acids is 1. The van der Waals surface area contributed by atoms with E-state index in [0.717, 1.165) is 49.2 Å². The lowest BCUT2D eigenvalue weighted by Crippen LogP contribution is -2.27. The van der Waals surface area contributed by atoms with Gasteiger partial charge in [-0.3, -0.25) is 9.48 Å². The Balaban J connectivity index is 1.72. The Bertz CT molecular complexity index is 612. The smallest absolute Gasteiger partial charge is 0.222 e. The molecule has 0 N–H and O–H groups in total. The fourth-order valence-corrected chi connectivity index (χ4v) is 2.93. The SMILES string of the molecule is Cn1cc(CCC(=O)N2CCCC2)c(-c2ccccc2)n1. The van der Waals surface area contributed by atoms with Crippen molar-refractivity contribution < 1.29 is 4.79 Å². The molecule has 1 amide bonds. The van der Waals surface area contributed by atoms with E-state index in [-0.39, 0.29) is 5.91 Å². The number of carbonyl (C=O) groups is 1. The number of hydrogen-bond donors (Lipinski definition) is 0. The predicted octanol–water partition coefficient (Wildman–Crippen LogP) is 2.64. The van der Waals surface area contributed by atoms with E-state index in [1.807, 2.05) is 41.0 Å². The highest BCUT2D eigenvalue weighted by Gasteiger charge is 2.18. The van der Waals surface area contributed by atoms with Crippen LogP contribution in [0.15, 0.2) is 36.5 Å². The van der Waals surface area contributed by atoms with Gasteiger partial charge in [-0.05, 0) is 24.8 Å². The molecule has 1 aliphatic heterocycles. The molecule has 3 rings (SSSR count). The molecule has 4 nitrogen and oxygen atoms in total. The minimum Gasteiger partial charge on any atom is -0.343 e. The molecule has 0 saturated carbocycles. The first kappa shape index (κ1) is 13.9. The van der Waals surface area contributed by atoms with Gasteiger partial charge in [0.2, 0.25) is 5.91 Å². The summed E-state index contributed by atoms with van der Waals surface area (Å²) in [6, 6.07) is 10.2. The monoisotopic (exact) mass is 283 g/mol. The molecule has 21 heavy (non-hydrogen) atoms. The van der Waals surface area contributed by atoms with Crippen LogP contribution in [0.1, 0.15) is 24.8 Å². The molecular weight excluding hydrogens is 262 g/mol. The van der Waals surface area contributed by atoms with Gasteiger partial charge in [0.15, 0.2) is 0 Å². The molecule has 2 heterocycles. The summed E-state index contributed by atoms with van der Waals surface area (Å²) in [6.07, 6.45) is 5.65. The maximum absolute atomic E-state index is 12.2. The van der Waals surface area contributed by atoms with Crippen molar-refractivity contribution in [2.75, 3.05) is 13.1 Å². The minimum atomic E-state index is 0.273. The molecule has 1 aromatic carbocycles. The Morgan fingerprint density at radius 1 is 1.19 bits per heavy atom. The lowest BCUT2D eigenvalue weighted by atomic mass is 10.0. The summed E-state index contributed by atoms with van der Waals surface area (Å²) < 4.78 is 1.83. The van der Waals surface area contributed by atoms with Crippen LogP contribution in [0.3, 0.4) is 0 Å². The molecule has 1 aliphatic rings. The summed E-state index contributed by atoms with van der Waals surface area (Å²) in [4.78, 5) is 14.2. The van der Waals surface area contributed by atoms with E-state index in [1.165, 1.54) is 0 Å². The van der Waals surface area contributed by atoms with Gasteiger partial charge in [-0.15, -0.1) is 0 Å². The molecule has 0 atom stereocenters. The van der Waals surface area contributed by atoms with Crippen molar-refractivity contribution in [1.82, 2.24) is 14.7 Å². The molecule has 110 valence electrons. The highest BCUT2D eigenvalue weighted by atomic mass is 16.2. The summed E-state index contributed by atoms with van der Waals surface area (Å²) in [7, 11) is 1.93. The number of likely N-dealkylation sites (tertiary alicyclic amines) is 1. The topological polar surface area (TPSA) is 38.1 Å². The quantitative estimate of drug-likeness (QED) is 0.865. The molecule has 0 aliphatic carbocycles. The number of nitrogens with zero attached hydrogens (tertiary/aromatic N) is 3. The van der Waals surface area contributed by atoms with Gasteiger partial charge < -0.3 is 4.90 Å². The summed E-state index contributed by atoms with van der Waals surface area (Å²) in [6.45, 7) is 1.86. The molecule has 1 aromatic heterocycles.